The molecule has 15 heavy (non-hydrogen) atoms. The normalized spacial score (nSPS) is 12.7. The zero-order valence-corrected chi connectivity index (χ0v) is 10.3. The highest BCUT2D eigenvalue weighted by atomic mass is 16.4. The molecule has 0 aliphatic rings. The number of hydrogen-bond donors (Lipinski definition) is 1. The van der Waals surface area contributed by atoms with Crippen molar-refractivity contribution >= 4 is 5.97 Å². The number of carboxylic acids is 1. The fourth-order valence-electron chi connectivity index (χ4n) is 1.79. The molecule has 0 fully saturated rings. The van der Waals surface area contributed by atoms with Crippen LogP contribution >= 0.6 is 0 Å². The molecule has 0 heterocycles. The van der Waals surface area contributed by atoms with E-state index in [2.05, 4.69) is 13.8 Å². The third-order valence-corrected chi connectivity index (χ3v) is 2.90. The molecule has 0 aliphatic heterocycles. The summed E-state index contributed by atoms with van der Waals surface area (Å²) in [5, 5.41) is 8.53. The maximum Gasteiger partial charge on any atom is 0.303 e. The Labute approximate surface area is 94.1 Å². The number of hydrogen-bond acceptors (Lipinski definition) is 1. The summed E-state index contributed by atoms with van der Waals surface area (Å²) in [6.45, 7) is 4.39. The zero-order chi connectivity index (χ0) is 11.5. The van der Waals surface area contributed by atoms with Crippen LogP contribution in [0, 0.1) is 5.92 Å². The Hall–Kier alpha value is -0.530. The van der Waals surface area contributed by atoms with Gasteiger partial charge >= 0.3 is 5.97 Å². The Morgan fingerprint density at radius 2 is 1.67 bits per heavy atom. The van der Waals surface area contributed by atoms with Crippen molar-refractivity contribution in [1.82, 2.24) is 0 Å². The first-order valence-corrected chi connectivity index (χ1v) is 6.38. The van der Waals surface area contributed by atoms with E-state index in [1.165, 1.54) is 44.9 Å². The molecule has 0 aliphatic carbocycles. The SMILES string of the molecule is CCCCCCCC[C@H](C)CCC(=O)O. The molecule has 2 nitrogen and oxygen atoms in total. The number of carbonyl (C=O) groups is 1. The van der Waals surface area contributed by atoms with Crippen LogP contribution in [-0.4, -0.2) is 11.1 Å². The minimum Gasteiger partial charge on any atom is -0.481 e. The quantitative estimate of drug-likeness (QED) is 0.552. The summed E-state index contributed by atoms with van der Waals surface area (Å²) in [7, 11) is 0. The highest BCUT2D eigenvalue weighted by molar-refractivity contribution is 5.66. The highest BCUT2D eigenvalue weighted by Gasteiger charge is 2.04. The summed E-state index contributed by atoms with van der Waals surface area (Å²) in [6.07, 6.45) is 10.3. The predicted molar refractivity (Wildman–Crippen MR) is 64.0 cm³/mol. The minimum atomic E-state index is -0.662. The van der Waals surface area contributed by atoms with Crippen LogP contribution in [0.5, 0.6) is 0 Å². The summed E-state index contributed by atoms with van der Waals surface area (Å²) in [5.74, 6) is -0.0860. The van der Waals surface area contributed by atoms with Gasteiger partial charge in [0.25, 0.3) is 0 Å². The molecular formula is C13H26O2. The van der Waals surface area contributed by atoms with E-state index < -0.39 is 5.97 Å². The Morgan fingerprint density at radius 3 is 2.27 bits per heavy atom. The Morgan fingerprint density at radius 1 is 1.07 bits per heavy atom. The fraction of sp³-hybridized carbons (Fsp3) is 0.923. The molecule has 0 bridgehead atoms. The van der Waals surface area contributed by atoms with Crippen molar-refractivity contribution in [3.05, 3.63) is 0 Å². The number of unbranched alkanes of at least 4 members (excludes halogenated alkanes) is 5. The maximum atomic E-state index is 10.4. The summed E-state index contributed by atoms with van der Waals surface area (Å²) >= 11 is 0. The van der Waals surface area contributed by atoms with E-state index in [1.54, 1.807) is 0 Å². The second kappa shape index (κ2) is 10.0. The van der Waals surface area contributed by atoms with E-state index >= 15 is 0 Å². The molecule has 0 saturated heterocycles. The molecule has 0 rings (SSSR count). The van der Waals surface area contributed by atoms with Crippen molar-refractivity contribution in [2.75, 3.05) is 0 Å². The van der Waals surface area contributed by atoms with Crippen LogP contribution in [-0.2, 0) is 4.79 Å². The fourth-order valence-corrected chi connectivity index (χ4v) is 1.79. The number of aliphatic carboxylic acids is 1. The van der Waals surface area contributed by atoms with Gasteiger partial charge in [-0.2, -0.15) is 0 Å². The van der Waals surface area contributed by atoms with E-state index in [0.29, 0.717) is 12.3 Å². The third-order valence-electron chi connectivity index (χ3n) is 2.90. The zero-order valence-electron chi connectivity index (χ0n) is 10.3. The Balaban J connectivity index is 3.16. The number of rotatable bonds is 10. The molecule has 1 N–H and O–H groups in total. The first-order valence-electron chi connectivity index (χ1n) is 6.38. The largest absolute Gasteiger partial charge is 0.481 e. The van der Waals surface area contributed by atoms with Gasteiger partial charge < -0.3 is 5.11 Å². The van der Waals surface area contributed by atoms with Gasteiger partial charge in [0, 0.05) is 6.42 Å². The average Bonchev–Trinajstić information content (AvgIpc) is 2.20. The summed E-state index contributed by atoms with van der Waals surface area (Å²) in [4.78, 5) is 10.4. The second-order valence-electron chi connectivity index (χ2n) is 4.59. The smallest absolute Gasteiger partial charge is 0.303 e. The molecule has 1 atom stereocenters. The van der Waals surface area contributed by atoms with Gasteiger partial charge in [-0.3, -0.25) is 4.79 Å². The average molecular weight is 214 g/mol. The lowest BCUT2D eigenvalue weighted by Gasteiger charge is -2.09. The van der Waals surface area contributed by atoms with Gasteiger partial charge in [0.15, 0.2) is 0 Å². The number of carboxylic acid groups (broad SMARTS) is 1. The van der Waals surface area contributed by atoms with Gasteiger partial charge in [-0.05, 0) is 12.3 Å². The van der Waals surface area contributed by atoms with Crippen LogP contribution < -0.4 is 0 Å². The van der Waals surface area contributed by atoms with Gasteiger partial charge in [-0.15, -0.1) is 0 Å². The van der Waals surface area contributed by atoms with Crippen LogP contribution in [0.15, 0.2) is 0 Å². The summed E-state index contributed by atoms with van der Waals surface area (Å²) < 4.78 is 0. The molecule has 0 aromatic carbocycles. The van der Waals surface area contributed by atoms with Gasteiger partial charge in [-0.1, -0.05) is 58.8 Å². The van der Waals surface area contributed by atoms with E-state index in [4.69, 9.17) is 5.11 Å². The molecule has 2 heteroatoms. The van der Waals surface area contributed by atoms with Gasteiger partial charge in [0.05, 0.1) is 0 Å². The van der Waals surface area contributed by atoms with E-state index in [0.717, 1.165) is 6.42 Å². The summed E-state index contributed by atoms with van der Waals surface area (Å²) in [6, 6.07) is 0. The molecule has 0 saturated carbocycles. The highest BCUT2D eigenvalue weighted by Crippen LogP contribution is 2.15. The van der Waals surface area contributed by atoms with E-state index in [-0.39, 0.29) is 0 Å². The Kier molecular flexibility index (Phi) is 9.65. The van der Waals surface area contributed by atoms with Crippen molar-refractivity contribution < 1.29 is 9.90 Å². The van der Waals surface area contributed by atoms with E-state index in [9.17, 15) is 4.79 Å². The molecule has 0 aromatic rings. The molecule has 0 unspecified atom stereocenters. The lowest BCUT2D eigenvalue weighted by atomic mass is 9.97. The maximum absolute atomic E-state index is 10.4. The van der Waals surface area contributed by atoms with Gasteiger partial charge in [0.2, 0.25) is 0 Å². The lowest BCUT2D eigenvalue weighted by Crippen LogP contribution is -2.01. The Bertz CT molecular complexity index is 155. The van der Waals surface area contributed by atoms with Gasteiger partial charge in [-0.25, -0.2) is 0 Å². The summed E-state index contributed by atoms with van der Waals surface area (Å²) in [5.41, 5.74) is 0. The molecule has 0 aromatic heterocycles. The third kappa shape index (κ3) is 11.4. The van der Waals surface area contributed by atoms with Crippen LogP contribution in [0.1, 0.15) is 71.6 Å². The van der Waals surface area contributed by atoms with Crippen LogP contribution in [0.3, 0.4) is 0 Å². The van der Waals surface area contributed by atoms with Gasteiger partial charge in [0.1, 0.15) is 0 Å². The molecule has 0 radical (unpaired) electrons. The topological polar surface area (TPSA) is 37.3 Å². The van der Waals surface area contributed by atoms with E-state index in [1.807, 2.05) is 0 Å². The van der Waals surface area contributed by atoms with Crippen molar-refractivity contribution in [2.24, 2.45) is 5.92 Å². The standard InChI is InChI=1S/C13H26O2/c1-3-4-5-6-7-8-9-12(2)10-11-13(14)15/h12H,3-11H2,1-2H3,(H,14,15)/t12-/m0/s1. The van der Waals surface area contributed by atoms with Crippen LogP contribution in [0.4, 0.5) is 0 Å². The molecule has 0 amide bonds. The van der Waals surface area contributed by atoms with Crippen molar-refractivity contribution in [3.8, 4) is 0 Å². The molecular weight excluding hydrogens is 188 g/mol. The van der Waals surface area contributed by atoms with Crippen molar-refractivity contribution in [1.29, 1.82) is 0 Å². The van der Waals surface area contributed by atoms with Crippen molar-refractivity contribution in [2.45, 2.75) is 71.6 Å². The minimum absolute atomic E-state index is 0.330. The van der Waals surface area contributed by atoms with Crippen LogP contribution in [0.2, 0.25) is 0 Å². The first kappa shape index (κ1) is 14.5. The second-order valence-corrected chi connectivity index (χ2v) is 4.59. The van der Waals surface area contributed by atoms with Crippen molar-refractivity contribution in [3.63, 3.8) is 0 Å². The molecule has 0 spiro atoms. The monoisotopic (exact) mass is 214 g/mol. The lowest BCUT2D eigenvalue weighted by molar-refractivity contribution is -0.137. The van der Waals surface area contributed by atoms with Crippen LogP contribution in [0.25, 0.3) is 0 Å². The first-order chi connectivity index (χ1) is 7.16. The predicted octanol–water partition coefficient (Wildman–Crippen LogP) is 4.24. The molecule has 90 valence electrons.